The maximum Gasteiger partial charge on any atom is 0.410 e. The molecular formula is C96H126F6N18O15. The first-order chi connectivity index (χ1) is 63.9. The standard InChI is InChI=1S/3C32H42F2N6O5/c3*1-21(36-25-18-23(33)17-24(34)19-25)26-15-22(16-27-29(26)37-28(20-35-27)40-9-13-44-14-10-40)30(41)38(5)7-11-43-12-8-39(6)31(42)45-32(2,3)4/h3*15-21,36H,7-14H2,1-6H3. The van der Waals surface area contributed by atoms with Crippen molar-refractivity contribution in [3.8, 4) is 0 Å². The molecule has 6 heterocycles. The van der Waals surface area contributed by atoms with Crippen molar-refractivity contribution in [2.45, 2.75) is 118 Å². The van der Waals surface area contributed by atoms with Crippen molar-refractivity contribution in [2.75, 3.05) is 231 Å². The van der Waals surface area contributed by atoms with Crippen LogP contribution in [0.1, 0.15) is 149 Å². The van der Waals surface area contributed by atoms with Gasteiger partial charge in [-0.25, -0.2) is 55.7 Å². The van der Waals surface area contributed by atoms with E-state index in [4.69, 9.17) is 57.6 Å². The minimum absolute atomic E-state index is 0.254. The van der Waals surface area contributed by atoms with Crippen LogP contribution in [0.15, 0.2) is 110 Å². The predicted octanol–water partition coefficient (Wildman–Crippen LogP) is 14.6. The van der Waals surface area contributed by atoms with Crippen LogP contribution in [0.2, 0.25) is 0 Å². The van der Waals surface area contributed by atoms with Crippen LogP contribution in [0.3, 0.4) is 0 Å². The number of morpholine rings is 3. The van der Waals surface area contributed by atoms with Gasteiger partial charge in [-0.3, -0.25) is 29.3 Å². The number of benzene rings is 6. The summed E-state index contributed by atoms with van der Waals surface area (Å²) in [5.74, 6) is -2.92. The van der Waals surface area contributed by atoms with Crippen LogP contribution < -0.4 is 30.7 Å². The van der Waals surface area contributed by atoms with Crippen LogP contribution in [-0.2, 0) is 42.6 Å². The summed E-state index contributed by atoms with van der Waals surface area (Å²) >= 11 is 0. The smallest absolute Gasteiger partial charge is 0.410 e. The number of carbonyl (C=O) groups excluding carboxylic acids is 6. The number of rotatable bonds is 33. The number of ether oxygens (including phenoxy) is 9. The molecule has 732 valence electrons. The fraction of sp³-hybridized carbons (Fsp3) is 0.500. The van der Waals surface area contributed by atoms with Gasteiger partial charge in [0.1, 0.15) is 69.2 Å². The molecule has 3 saturated heterocycles. The average molecular weight is 1890 g/mol. The van der Waals surface area contributed by atoms with E-state index in [1.165, 1.54) is 65.8 Å². The minimum Gasteiger partial charge on any atom is -0.444 e. The largest absolute Gasteiger partial charge is 0.444 e. The molecule has 3 unspecified atom stereocenters. The SMILES string of the molecule is CC(Nc1cc(F)cc(F)c1)c1cc(C(=O)N(C)CCOCCN(C)C(=O)OC(C)(C)C)cc2ncc(N3CCOCC3)nc12.CC(Nc1cc(F)cc(F)c1)c1cc(C(=O)N(C)CCOCCN(C)C(=O)OC(C)(C)C)cc2ncc(N3CCOCC3)nc12.CC(Nc1cc(F)cc(F)c1)c1cc(C(=O)N(C)CCOCCN(C)C(=O)OC(C)(C)C)cc2ncc(N3CCOCC3)nc12. The van der Waals surface area contributed by atoms with E-state index < -0.39 is 88.1 Å². The molecule has 0 saturated carbocycles. The second-order valence-electron chi connectivity index (χ2n) is 36.1. The van der Waals surface area contributed by atoms with Crippen molar-refractivity contribution in [3.05, 3.63) is 178 Å². The van der Waals surface area contributed by atoms with Crippen molar-refractivity contribution < 1.29 is 97.7 Å². The molecule has 39 heteroatoms. The van der Waals surface area contributed by atoms with E-state index in [9.17, 15) is 55.1 Å². The minimum atomic E-state index is -0.701. The molecule has 3 fully saturated rings. The predicted molar refractivity (Wildman–Crippen MR) is 503 cm³/mol. The van der Waals surface area contributed by atoms with Crippen molar-refractivity contribution in [2.24, 2.45) is 0 Å². The number of amides is 6. The molecule has 12 rings (SSSR count). The molecule has 0 spiro atoms. The Hall–Kier alpha value is -12.3. The van der Waals surface area contributed by atoms with Gasteiger partial charge in [-0.15, -0.1) is 0 Å². The number of nitrogens with one attached hydrogen (secondary N) is 3. The van der Waals surface area contributed by atoms with Crippen LogP contribution >= 0.6 is 0 Å². The molecule has 0 radical (unpaired) electrons. The number of halogens is 6. The third kappa shape index (κ3) is 31.9. The third-order valence-corrected chi connectivity index (χ3v) is 21.5. The second kappa shape index (κ2) is 48.2. The normalized spacial score (nSPS) is 14.3. The quantitative estimate of drug-likeness (QED) is 0.0195. The van der Waals surface area contributed by atoms with E-state index in [1.807, 2.05) is 20.8 Å². The molecule has 3 atom stereocenters. The Morgan fingerprint density at radius 3 is 0.770 bits per heavy atom. The van der Waals surface area contributed by atoms with E-state index in [0.717, 1.165) is 18.2 Å². The number of nitrogens with zero attached hydrogens (tertiary/aromatic N) is 15. The highest BCUT2D eigenvalue weighted by molar-refractivity contribution is 6.00. The van der Waals surface area contributed by atoms with Crippen molar-refractivity contribution in [1.29, 1.82) is 0 Å². The van der Waals surface area contributed by atoms with Gasteiger partial charge in [-0.2, -0.15) is 0 Å². The number of hydrogen-bond acceptors (Lipinski definition) is 27. The van der Waals surface area contributed by atoms with E-state index in [-0.39, 0.29) is 74.4 Å². The molecule has 6 amide bonds. The van der Waals surface area contributed by atoms with Crippen LogP contribution in [0.5, 0.6) is 0 Å². The Kier molecular flexibility index (Phi) is 37.4. The third-order valence-electron chi connectivity index (χ3n) is 21.5. The highest BCUT2D eigenvalue weighted by atomic mass is 19.2. The first-order valence-electron chi connectivity index (χ1n) is 44.8. The maximum absolute atomic E-state index is 13.9. The molecule has 3 aliphatic rings. The summed E-state index contributed by atoms with van der Waals surface area (Å²) in [5.41, 5.74) is 5.41. The monoisotopic (exact) mass is 1880 g/mol. The van der Waals surface area contributed by atoms with Crippen LogP contribution in [0, 0.1) is 34.9 Å². The number of fused-ring (bicyclic) bond motifs is 3. The summed E-state index contributed by atoms with van der Waals surface area (Å²) in [6.07, 6.45) is 3.73. The number of aromatic nitrogens is 6. The lowest BCUT2D eigenvalue weighted by molar-refractivity contribution is 0.0214. The lowest BCUT2D eigenvalue weighted by Crippen LogP contribution is -2.36. The summed E-state index contributed by atoms with van der Waals surface area (Å²) in [6.45, 7) is 32.8. The highest BCUT2D eigenvalue weighted by Crippen LogP contribution is 2.35. The Labute approximate surface area is 783 Å². The molecule has 3 N–H and O–H groups in total. The van der Waals surface area contributed by atoms with Crippen LogP contribution in [-0.4, -0.2) is 312 Å². The number of carbonyl (C=O) groups is 6. The van der Waals surface area contributed by atoms with Gasteiger partial charge in [0.05, 0.1) is 149 Å². The highest BCUT2D eigenvalue weighted by Gasteiger charge is 2.30. The molecule has 0 aliphatic carbocycles. The molecule has 33 nitrogen and oxygen atoms in total. The van der Waals surface area contributed by atoms with Gasteiger partial charge in [0.25, 0.3) is 17.7 Å². The van der Waals surface area contributed by atoms with Crippen molar-refractivity contribution in [1.82, 2.24) is 59.3 Å². The first-order valence-corrected chi connectivity index (χ1v) is 44.8. The summed E-state index contributed by atoms with van der Waals surface area (Å²) in [4.78, 5) is 121. The number of anilines is 6. The number of likely N-dealkylation sites (N-methyl/N-ethyl adjacent to an activating group) is 6. The van der Waals surface area contributed by atoms with E-state index in [1.54, 1.807) is 160 Å². The average Bonchev–Trinajstić information content (AvgIpc) is 0.782. The van der Waals surface area contributed by atoms with Gasteiger partial charge in [-0.05, 0) is 156 Å². The van der Waals surface area contributed by atoms with Crippen molar-refractivity contribution in [3.63, 3.8) is 0 Å². The summed E-state index contributed by atoms with van der Waals surface area (Å²) in [7, 11) is 9.93. The summed E-state index contributed by atoms with van der Waals surface area (Å²) in [5, 5.41) is 9.42. The van der Waals surface area contributed by atoms with Gasteiger partial charge in [0.15, 0.2) is 0 Å². The molecule has 6 aromatic carbocycles. The zero-order valence-corrected chi connectivity index (χ0v) is 80.2. The lowest BCUT2D eigenvalue weighted by atomic mass is 10.0. The summed E-state index contributed by atoms with van der Waals surface area (Å²) < 4.78 is 133. The van der Waals surface area contributed by atoms with Gasteiger partial charge < -0.3 is 103 Å². The fourth-order valence-corrected chi connectivity index (χ4v) is 14.3. The topological polar surface area (TPSA) is 328 Å². The fourth-order valence-electron chi connectivity index (χ4n) is 14.3. The Balaban J connectivity index is 0.000000209. The van der Waals surface area contributed by atoms with Crippen LogP contribution in [0.4, 0.5) is 75.2 Å². The second-order valence-corrected chi connectivity index (χ2v) is 36.1. The molecular weight excluding hydrogens is 1760 g/mol. The Morgan fingerprint density at radius 2 is 0.556 bits per heavy atom. The first kappa shape index (κ1) is 105. The van der Waals surface area contributed by atoms with E-state index in [2.05, 4.69) is 45.6 Å². The van der Waals surface area contributed by atoms with E-state index in [0.29, 0.717) is 202 Å². The lowest BCUT2D eigenvalue weighted by Gasteiger charge is -2.28. The van der Waals surface area contributed by atoms with Crippen molar-refractivity contribution >= 4 is 104 Å². The summed E-state index contributed by atoms with van der Waals surface area (Å²) in [6, 6.07) is 18.5. The van der Waals surface area contributed by atoms with Gasteiger partial charge in [-0.1, -0.05) is 0 Å². The molecule has 9 aromatic rings. The maximum atomic E-state index is 13.9. The van der Waals surface area contributed by atoms with Gasteiger partial charge >= 0.3 is 18.3 Å². The molecule has 135 heavy (non-hydrogen) atoms. The van der Waals surface area contributed by atoms with Crippen LogP contribution in [0.25, 0.3) is 33.1 Å². The molecule has 0 bridgehead atoms. The molecule has 3 aliphatic heterocycles. The van der Waals surface area contributed by atoms with Gasteiger partial charge in [0.2, 0.25) is 0 Å². The zero-order chi connectivity index (χ0) is 98.2. The van der Waals surface area contributed by atoms with E-state index >= 15 is 0 Å². The molecule has 3 aromatic heterocycles. The Morgan fingerprint density at radius 1 is 0.341 bits per heavy atom. The zero-order valence-electron chi connectivity index (χ0n) is 80.2. The number of hydrogen-bond donors (Lipinski definition) is 3. The van der Waals surface area contributed by atoms with Gasteiger partial charge in [0, 0.05) is 189 Å². The Bertz CT molecular complexity index is 4950.